The van der Waals surface area contributed by atoms with Gasteiger partial charge in [-0.05, 0) is 12.5 Å². The van der Waals surface area contributed by atoms with Gasteiger partial charge in [0, 0.05) is 24.1 Å². The van der Waals surface area contributed by atoms with E-state index in [-0.39, 0.29) is 5.75 Å². The van der Waals surface area contributed by atoms with Crippen molar-refractivity contribution in [2.24, 2.45) is 7.05 Å². The number of aryl methyl sites for hydroxylation is 1. The molecule has 0 saturated heterocycles. The van der Waals surface area contributed by atoms with Crippen molar-refractivity contribution in [3.05, 3.63) is 36.0 Å². The number of nitrogens with one attached hydrogen (secondary N) is 1. The highest BCUT2D eigenvalue weighted by atomic mass is 32.2. The third kappa shape index (κ3) is 2.78. The fraction of sp³-hybridized carbons (Fsp3) is 0.308. The average molecular weight is 280 g/mol. The summed E-state index contributed by atoms with van der Waals surface area (Å²) < 4.78 is 27.1. The normalized spacial score (nSPS) is 11.7. The van der Waals surface area contributed by atoms with E-state index in [9.17, 15) is 13.2 Å². The fourth-order valence-corrected chi connectivity index (χ4v) is 3.07. The van der Waals surface area contributed by atoms with Crippen LogP contribution in [0.5, 0.6) is 0 Å². The number of benzene rings is 1. The van der Waals surface area contributed by atoms with Gasteiger partial charge < -0.3 is 4.57 Å². The fourth-order valence-electron chi connectivity index (χ4n) is 2.04. The maximum atomic E-state index is 12.1. The molecule has 1 heterocycles. The van der Waals surface area contributed by atoms with Gasteiger partial charge in [-0.1, -0.05) is 25.1 Å². The van der Waals surface area contributed by atoms with Crippen molar-refractivity contribution in [3.63, 3.8) is 0 Å². The Balaban J connectivity index is 2.38. The van der Waals surface area contributed by atoms with E-state index >= 15 is 0 Å². The molecule has 0 atom stereocenters. The molecule has 1 aromatic heterocycles. The number of para-hydroxylation sites is 1. The zero-order chi connectivity index (χ0) is 14.0. The van der Waals surface area contributed by atoms with E-state index in [4.69, 9.17) is 0 Å². The molecule has 0 aliphatic rings. The molecule has 0 unspecified atom stereocenters. The summed E-state index contributed by atoms with van der Waals surface area (Å²) in [5.41, 5.74) is 1.26. The minimum atomic E-state index is -3.55. The largest absolute Gasteiger partial charge is 0.350 e. The van der Waals surface area contributed by atoms with Crippen LogP contribution in [0.25, 0.3) is 10.9 Å². The second kappa shape index (κ2) is 5.05. The number of nitrogens with zero attached hydrogens (tertiary/aromatic N) is 1. The molecule has 19 heavy (non-hydrogen) atoms. The molecule has 0 radical (unpaired) electrons. The van der Waals surface area contributed by atoms with Gasteiger partial charge in [-0.25, -0.2) is 13.1 Å². The Kier molecular flexibility index (Phi) is 3.61. The van der Waals surface area contributed by atoms with Crippen LogP contribution in [-0.4, -0.2) is 24.6 Å². The van der Waals surface area contributed by atoms with Crippen LogP contribution in [0.3, 0.4) is 0 Å². The highest BCUT2D eigenvalue weighted by Crippen LogP contribution is 2.20. The lowest BCUT2D eigenvalue weighted by molar-refractivity contribution is 0.0983. The molecule has 102 valence electrons. The summed E-state index contributed by atoms with van der Waals surface area (Å²) in [6.45, 7) is 1.75. The Bertz CT molecular complexity index is 717. The summed E-state index contributed by atoms with van der Waals surface area (Å²) in [6.07, 6.45) is 2.11. The van der Waals surface area contributed by atoms with E-state index in [1.54, 1.807) is 23.8 Å². The van der Waals surface area contributed by atoms with E-state index in [0.717, 1.165) is 10.9 Å². The highest BCUT2D eigenvalue weighted by molar-refractivity contribution is 7.90. The van der Waals surface area contributed by atoms with Crippen molar-refractivity contribution in [1.29, 1.82) is 0 Å². The third-order valence-corrected chi connectivity index (χ3v) is 4.30. The Labute approximate surface area is 112 Å². The summed E-state index contributed by atoms with van der Waals surface area (Å²) >= 11 is 0. The number of aromatic nitrogens is 1. The van der Waals surface area contributed by atoms with Crippen LogP contribution in [0.1, 0.15) is 23.7 Å². The number of hydrogen-bond acceptors (Lipinski definition) is 3. The molecule has 2 aromatic rings. The summed E-state index contributed by atoms with van der Waals surface area (Å²) in [6, 6.07) is 7.38. The summed E-state index contributed by atoms with van der Waals surface area (Å²) in [5, 5.41) is 0.745. The van der Waals surface area contributed by atoms with Gasteiger partial charge in [0.05, 0.1) is 11.3 Å². The van der Waals surface area contributed by atoms with Crippen LogP contribution in [0.2, 0.25) is 0 Å². The Hall–Kier alpha value is -1.82. The monoisotopic (exact) mass is 280 g/mol. The molecule has 6 heteroatoms. The molecule has 5 nitrogen and oxygen atoms in total. The van der Waals surface area contributed by atoms with Gasteiger partial charge >= 0.3 is 0 Å². The Morgan fingerprint density at radius 1 is 1.32 bits per heavy atom. The predicted molar refractivity (Wildman–Crippen MR) is 74.5 cm³/mol. The zero-order valence-electron chi connectivity index (χ0n) is 10.9. The number of amides is 1. The number of fused-ring (bicyclic) bond motifs is 1. The Morgan fingerprint density at radius 3 is 2.68 bits per heavy atom. The standard InChI is InChI=1S/C13H16N2O3S/c1-3-8-19(17,18)14-13(16)11-9-15(2)12-7-5-4-6-10(11)12/h4-7,9H,3,8H2,1-2H3,(H,14,16). The Morgan fingerprint density at radius 2 is 2.00 bits per heavy atom. The van der Waals surface area contributed by atoms with Crippen LogP contribution in [0.15, 0.2) is 30.5 Å². The first kappa shape index (κ1) is 13.6. The smallest absolute Gasteiger partial charge is 0.266 e. The van der Waals surface area contributed by atoms with E-state index in [1.165, 1.54) is 0 Å². The molecular formula is C13H16N2O3S. The number of carbonyl (C=O) groups excluding carboxylic acids is 1. The van der Waals surface area contributed by atoms with E-state index in [1.807, 2.05) is 25.2 Å². The van der Waals surface area contributed by atoms with Gasteiger partial charge in [0.25, 0.3) is 5.91 Å². The van der Waals surface area contributed by atoms with Crippen molar-refractivity contribution in [3.8, 4) is 0 Å². The first-order chi connectivity index (χ1) is 8.94. The second-order valence-corrected chi connectivity index (χ2v) is 6.26. The third-order valence-electron chi connectivity index (χ3n) is 2.86. The van der Waals surface area contributed by atoms with Crippen molar-refractivity contribution in [2.75, 3.05) is 5.75 Å². The van der Waals surface area contributed by atoms with Crippen LogP contribution < -0.4 is 4.72 Å². The SMILES string of the molecule is CCCS(=O)(=O)NC(=O)c1cn(C)c2ccccc12. The minimum Gasteiger partial charge on any atom is -0.350 e. The molecule has 0 bridgehead atoms. The highest BCUT2D eigenvalue weighted by Gasteiger charge is 2.18. The van der Waals surface area contributed by atoms with Gasteiger partial charge in [-0.3, -0.25) is 4.79 Å². The van der Waals surface area contributed by atoms with Crippen molar-refractivity contribution in [1.82, 2.24) is 9.29 Å². The maximum Gasteiger partial charge on any atom is 0.266 e. The lowest BCUT2D eigenvalue weighted by Crippen LogP contribution is -2.32. The molecule has 0 aliphatic carbocycles. The molecule has 1 amide bonds. The van der Waals surface area contributed by atoms with Gasteiger partial charge in [0.15, 0.2) is 0 Å². The quantitative estimate of drug-likeness (QED) is 0.926. The summed E-state index contributed by atoms with van der Waals surface area (Å²) in [7, 11) is -1.73. The van der Waals surface area contributed by atoms with Gasteiger partial charge in [-0.2, -0.15) is 0 Å². The average Bonchev–Trinajstić information content (AvgIpc) is 2.67. The summed E-state index contributed by atoms with van der Waals surface area (Å²) in [4.78, 5) is 12.1. The van der Waals surface area contributed by atoms with Crippen LogP contribution >= 0.6 is 0 Å². The molecule has 0 aliphatic heterocycles. The van der Waals surface area contributed by atoms with Crippen LogP contribution in [0.4, 0.5) is 0 Å². The molecule has 1 aromatic carbocycles. The van der Waals surface area contributed by atoms with Crippen molar-refractivity contribution < 1.29 is 13.2 Å². The van der Waals surface area contributed by atoms with Crippen LogP contribution in [-0.2, 0) is 17.1 Å². The minimum absolute atomic E-state index is 0.0521. The molecule has 1 N–H and O–H groups in total. The van der Waals surface area contributed by atoms with E-state index in [2.05, 4.69) is 4.72 Å². The lowest BCUT2D eigenvalue weighted by atomic mass is 10.2. The van der Waals surface area contributed by atoms with Crippen molar-refractivity contribution >= 4 is 26.8 Å². The molecule has 0 spiro atoms. The van der Waals surface area contributed by atoms with Crippen LogP contribution in [0, 0.1) is 0 Å². The van der Waals surface area contributed by atoms with Gasteiger partial charge in [0.2, 0.25) is 10.0 Å². The topological polar surface area (TPSA) is 68.2 Å². The summed E-state index contributed by atoms with van der Waals surface area (Å²) in [5.74, 6) is -0.631. The maximum absolute atomic E-state index is 12.1. The number of rotatable bonds is 4. The molecule has 2 rings (SSSR count). The van der Waals surface area contributed by atoms with Gasteiger partial charge in [-0.15, -0.1) is 0 Å². The first-order valence-electron chi connectivity index (χ1n) is 6.03. The second-order valence-electron chi connectivity index (χ2n) is 4.42. The van der Waals surface area contributed by atoms with Gasteiger partial charge in [0.1, 0.15) is 0 Å². The van der Waals surface area contributed by atoms with Crippen molar-refractivity contribution in [2.45, 2.75) is 13.3 Å². The number of hydrogen-bond donors (Lipinski definition) is 1. The molecule has 0 saturated carbocycles. The number of carbonyl (C=O) groups is 1. The molecular weight excluding hydrogens is 264 g/mol. The predicted octanol–water partition coefficient (Wildman–Crippen LogP) is 1.65. The number of sulfonamides is 1. The first-order valence-corrected chi connectivity index (χ1v) is 7.68. The zero-order valence-corrected chi connectivity index (χ0v) is 11.7. The van der Waals surface area contributed by atoms with E-state index in [0.29, 0.717) is 12.0 Å². The molecule has 0 fully saturated rings. The van der Waals surface area contributed by atoms with E-state index < -0.39 is 15.9 Å². The lowest BCUT2D eigenvalue weighted by Gasteiger charge is -2.04.